The molecule has 0 fully saturated rings. The lowest BCUT2D eigenvalue weighted by atomic mass is 10.2. The molecule has 1 nitrogen and oxygen atoms in total. The van der Waals surface area contributed by atoms with Crippen molar-refractivity contribution in [3.8, 4) is 10.6 Å². The number of thioether (sulfide) groups is 1. The largest absolute Gasteiger partial charge is 0.240 e. The van der Waals surface area contributed by atoms with Gasteiger partial charge in [-0.3, -0.25) is 0 Å². The van der Waals surface area contributed by atoms with Gasteiger partial charge in [0.2, 0.25) is 0 Å². The third-order valence-corrected chi connectivity index (χ3v) is 4.38. The van der Waals surface area contributed by atoms with Gasteiger partial charge in [-0.25, -0.2) is 4.98 Å². The minimum Gasteiger partial charge on any atom is -0.240 e. The first-order valence-corrected chi connectivity index (χ1v) is 6.42. The van der Waals surface area contributed by atoms with Crippen molar-refractivity contribution in [3.05, 3.63) is 36.0 Å². The van der Waals surface area contributed by atoms with Gasteiger partial charge >= 0.3 is 0 Å². The molecule has 0 saturated carbocycles. The van der Waals surface area contributed by atoms with E-state index in [2.05, 4.69) is 30.3 Å². The molecule has 0 atom stereocenters. The van der Waals surface area contributed by atoms with Crippen molar-refractivity contribution in [2.45, 2.75) is 11.1 Å². The molecule has 0 saturated heterocycles. The Kier molecular flexibility index (Phi) is 2.89. The second-order valence-corrected chi connectivity index (χ2v) is 5.04. The highest BCUT2D eigenvalue weighted by molar-refractivity contribution is 8.00. The number of benzene rings is 1. The minimum absolute atomic E-state index is 1.12. The van der Waals surface area contributed by atoms with Gasteiger partial charge in [-0.15, -0.1) is 23.1 Å². The van der Waals surface area contributed by atoms with E-state index in [9.17, 15) is 0 Å². The van der Waals surface area contributed by atoms with Gasteiger partial charge in [0, 0.05) is 5.56 Å². The minimum atomic E-state index is 1.12. The van der Waals surface area contributed by atoms with Crippen LogP contribution in [0.2, 0.25) is 0 Å². The average molecular weight is 221 g/mol. The standard InChI is InChI=1S/C11H11NS2/c1-8-11(13-2)14-10(12-8)9-6-4-3-5-7-9/h3-7H,1-2H3. The van der Waals surface area contributed by atoms with Gasteiger partial charge < -0.3 is 0 Å². The fraction of sp³-hybridized carbons (Fsp3) is 0.182. The van der Waals surface area contributed by atoms with Crippen molar-refractivity contribution in [1.82, 2.24) is 4.98 Å². The number of aryl methyl sites for hydroxylation is 1. The zero-order valence-electron chi connectivity index (χ0n) is 8.15. The van der Waals surface area contributed by atoms with Crippen LogP contribution in [0.15, 0.2) is 34.5 Å². The Bertz CT molecular complexity index is 420. The lowest BCUT2D eigenvalue weighted by Crippen LogP contribution is -1.75. The molecule has 1 aromatic heterocycles. The maximum absolute atomic E-state index is 4.55. The van der Waals surface area contributed by atoms with Crippen molar-refractivity contribution in [2.75, 3.05) is 6.26 Å². The van der Waals surface area contributed by atoms with E-state index in [1.54, 1.807) is 23.1 Å². The predicted molar refractivity (Wildman–Crippen MR) is 64.1 cm³/mol. The summed E-state index contributed by atoms with van der Waals surface area (Å²) in [6, 6.07) is 10.3. The fourth-order valence-electron chi connectivity index (χ4n) is 1.28. The van der Waals surface area contributed by atoms with Crippen LogP contribution in [0, 0.1) is 6.92 Å². The van der Waals surface area contributed by atoms with E-state index >= 15 is 0 Å². The maximum atomic E-state index is 4.55. The van der Waals surface area contributed by atoms with Crippen molar-refractivity contribution < 1.29 is 0 Å². The molecule has 3 heteroatoms. The summed E-state index contributed by atoms with van der Waals surface area (Å²) in [5.41, 5.74) is 2.35. The summed E-state index contributed by atoms with van der Waals surface area (Å²) in [4.78, 5) is 4.55. The summed E-state index contributed by atoms with van der Waals surface area (Å²) in [6.45, 7) is 2.06. The van der Waals surface area contributed by atoms with E-state index in [-0.39, 0.29) is 0 Å². The number of aromatic nitrogens is 1. The molecule has 0 N–H and O–H groups in total. The maximum Gasteiger partial charge on any atom is 0.124 e. The molecule has 0 amide bonds. The van der Waals surface area contributed by atoms with E-state index in [1.807, 2.05) is 18.2 Å². The summed E-state index contributed by atoms with van der Waals surface area (Å²) in [5, 5.41) is 1.12. The number of nitrogens with zero attached hydrogens (tertiary/aromatic N) is 1. The van der Waals surface area contributed by atoms with E-state index in [0.29, 0.717) is 0 Å². The summed E-state index contributed by atoms with van der Waals surface area (Å²) in [6.07, 6.45) is 2.09. The number of thiazole rings is 1. The smallest absolute Gasteiger partial charge is 0.124 e. The molecule has 0 aliphatic carbocycles. The highest BCUT2D eigenvalue weighted by Crippen LogP contribution is 2.32. The third kappa shape index (κ3) is 1.83. The third-order valence-electron chi connectivity index (χ3n) is 1.96. The second-order valence-electron chi connectivity index (χ2n) is 2.96. The molecule has 1 aromatic carbocycles. The molecule has 0 unspecified atom stereocenters. The molecule has 2 rings (SSSR count). The van der Waals surface area contributed by atoms with Crippen LogP contribution in [-0.4, -0.2) is 11.2 Å². The first-order valence-electron chi connectivity index (χ1n) is 4.38. The lowest BCUT2D eigenvalue weighted by Gasteiger charge is -1.92. The molecule has 0 spiro atoms. The number of hydrogen-bond acceptors (Lipinski definition) is 3. The Morgan fingerprint density at radius 1 is 1.21 bits per heavy atom. The van der Waals surface area contributed by atoms with Crippen LogP contribution in [0.4, 0.5) is 0 Å². The zero-order valence-corrected chi connectivity index (χ0v) is 9.78. The Balaban J connectivity index is 2.43. The van der Waals surface area contributed by atoms with Crippen LogP contribution in [0.3, 0.4) is 0 Å². The highest BCUT2D eigenvalue weighted by Gasteiger charge is 2.07. The van der Waals surface area contributed by atoms with Crippen LogP contribution in [0.25, 0.3) is 10.6 Å². The Morgan fingerprint density at radius 3 is 2.50 bits per heavy atom. The molecule has 0 radical (unpaired) electrons. The van der Waals surface area contributed by atoms with Gasteiger partial charge in [-0.1, -0.05) is 30.3 Å². The van der Waals surface area contributed by atoms with Crippen LogP contribution >= 0.6 is 23.1 Å². The van der Waals surface area contributed by atoms with Crippen LogP contribution in [0.5, 0.6) is 0 Å². The lowest BCUT2D eigenvalue weighted by molar-refractivity contribution is 1.21. The quantitative estimate of drug-likeness (QED) is 0.715. The normalized spacial score (nSPS) is 10.4. The molecule has 1 heterocycles. The van der Waals surface area contributed by atoms with Gasteiger partial charge in [0.1, 0.15) is 5.01 Å². The Morgan fingerprint density at radius 2 is 1.93 bits per heavy atom. The molecule has 72 valence electrons. The van der Waals surface area contributed by atoms with Crippen molar-refractivity contribution in [1.29, 1.82) is 0 Å². The molecule has 14 heavy (non-hydrogen) atoms. The van der Waals surface area contributed by atoms with E-state index in [4.69, 9.17) is 0 Å². The van der Waals surface area contributed by atoms with Gasteiger partial charge in [-0.05, 0) is 13.2 Å². The van der Waals surface area contributed by atoms with Crippen molar-refractivity contribution in [3.63, 3.8) is 0 Å². The first kappa shape index (κ1) is 9.74. The first-order chi connectivity index (χ1) is 6.81. The molecule has 0 aliphatic heterocycles. The van der Waals surface area contributed by atoms with Gasteiger partial charge in [0.15, 0.2) is 0 Å². The second kappa shape index (κ2) is 4.15. The topological polar surface area (TPSA) is 12.9 Å². The zero-order chi connectivity index (χ0) is 9.97. The number of rotatable bonds is 2. The van der Waals surface area contributed by atoms with Gasteiger partial charge in [-0.2, -0.15) is 0 Å². The van der Waals surface area contributed by atoms with E-state index < -0.39 is 0 Å². The summed E-state index contributed by atoms with van der Waals surface area (Å²) >= 11 is 3.53. The van der Waals surface area contributed by atoms with Crippen molar-refractivity contribution >= 4 is 23.1 Å². The highest BCUT2D eigenvalue weighted by atomic mass is 32.2. The van der Waals surface area contributed by atoms with E-state index in [1.165, 1.54) is 9.77 Å². The van der Waals surface area contributed by atoms with Crippen LogP contribution < -0.4 is 0 Å². The average Bonchev–Trinajstić information content (AvgIpc) is 2.61. The summed E-state index contributed by atoms with van der Waals surface area (Å²) in [5.74, 6) is 0. The molecule has 2 aromatic rings. The molecule has 0 aliphatic rings. The van der Waals surface area contributed by atoms with Gasteiger partial charge in [0.05, 0.1) is 9.90 Å². The molecular formula is C11H11NS2. The van der Waals surface area contributed by atoms with Crippen LogP contribution in [-0.2, 0) is 0 Å². The summed E-state index contributed by atoms with van der Waals surface area (Å²) in [7, 11) is 0. The Labute approximate surface area is 92.2 Å². The predicted octanol–water partition coefficient (Wildman–Crippen LogP) is 3.84. The SMILES string of the molecule is CSc1sc(-c2ccccc2)nc1C. The molecule has 0 bridgehead atoms. The van der Waals surface area contributed by atoms with Crippen molar-refractivity contribution in [2.24, 2.45) is 0 Å². The van der Waals surface area contributed by atoms with E-state index in [0.717, 1.165) is 10.7 Å². The summed E-state index contributed by atoms with van der Waals surface area (Å²) < 4.78 is 1.31. The Hall–Kier alpha value is -0.800. The van der Waals surface area contributed by atoms with Crippen LogP contribution in [0.1, 0.15) is 5.69 Å². The molecular weight excluding hydrogens is 210 g/mol. The fourth-order valence-corrected chi connectivity index (χ4v) is 2.99. The van der Waals surface area contributed by atoms with Gasteiger partial charge in [0.25, 0.3) is 0 Å². The monoisotopic (exact) mass is 221 g/mol. The number of hydrogen-bond donors (Lipinski definition) is 0.